The molecule has 11 heavy (non-hydrogen) atoms. The molecule has 0 amide bonds. The predicted octanol–water partition coefficient (Wildman–Crippen LogP) is 1.60. The highest BCUT2D eigenvalue weighted by molar-refractivity contribution is 6.66. The molecule has 1 unspecified atom stereocenters. The summed E-state index contributed by atoms with van der Waals surface area (Å²) in [4.78, 5) is 12.8. The second-order valence-corrected chi connectivity index (χ2v) is 3.28. The fourth-order valence-corrected chi connectivity index (χ4v) is 1.22. The largest absolute Gasteiger partial charge is 0.480 e. The van der Waals surface area contributed by atoms with Crippen LogP contribution in [0.25, 0.3) is 0 Å². The number of hydrogen-bond acceptors (Lipinski definition) is 2. The molecule has 0 saturated heterocycles. The molecule has 0 aromatic rings. The van der Waals surface area contributed by atoms with Gasteiger partial charge < -0.3 is 5.11 Å². The molecule has 0 saturated carbocycles. The molecule has 0 bridgehead atoms. The molecule has 0 aliphatic carbocycles. The van der Waals surface area contributed by atoms with E-state index >= 15 is 0 Å². The number of nitrogens with zero attached hydrogens (tertiary/aromatic N) is 1. The van der Waals surface area contributed by atoms with E-state index in [0.717, 1.165) is 0 Å². The topological polar surface area (TPSA) is 49.7 Å². The van der Waals surface area contributed by atoms with Gasteiger partial charge in [-0.3, -0.25) is 0 Å². The van der Waals surface area contributed by atoms with Crippen molar-refractivity contribution in [1.29, 1.82) is 0 Å². The van der Waals surface area contributed by atoms with E-state index in [-0.39, 0.29) is 11.6 Å². The van der Waals surface area contributed by atoms with Gasteiger partial charge in [-0.2, -0.15) is 0 Å². The van der Waals surface area contributed by atoms with E-state index in [4.69, 9.17) is 28.3 Å². The van der Waals surface area contributed by atoms with Crippen LogP contribution in [0.2, 0.25) is 0 Å². The summed E-state index contributed by atoms with van der Waals surface area (Å²) in [5.74, 6) is -1.11. The number of aliphatic imine (C=N–C) groups is 1. The number of halogens is 2. The van der Waals surface area contributed by atoms with E-state index in [9.17, 15) is 4.79 Å². The molecule has 0 radical (unpaired) electrons. The Labute approximate surface area is 73.3 Å². The predicted molar refractivity (Wildman–Crippen MR) is 43.3 cm³/mol. The van der Waals surface area contributed by atoms with Crippen molar-refractivity contribution in [1.82, 2.24) is 0 Å². The second kappa shape index (κ2) is 2.83. The minimum atomic E-state index is -1.40. The minimum Gasteiger partial charge on any atom is -0.480 e. The van der Waals surface area contributed by atoms with E-state index in [0.29, 0.717) is 0 Å². The van der Waals surface area contributed by atoms with Gasteiger partial charge in [-0.25, -0.2) is 9.79 Å². The summed E-state index contributed by atoms with van der Waals surface area (Å²) >= 11 is 11.1. The molecule has 0 spiro atoms. The van der Waals surface area contributed by atoms with E-state index < -0.39 is 10.8 Å². The summed E-state index contributed by atoms with van der Waals surface area (Å²) in [6.45, 7) is 0. The third-order valence-electron chi connectivity index (χ3n) is 1.31. The van der Waals surface area contributed by atoms with Crippen LogP contribution in [0.1, 0.15) is 6.42 Å². The Morgan fingerprint density at radius 3 is 2.82 bits per heavy atom. The van der Waals surface area contributed by atoms with Gasteiger partial charge in [-0.1, -0.05) is 11.6 Å². The fourth-order valence-electron chi connectivity index (χ4n) is 0.700. The first-order valence-electron chi connectivity index (χ1n) is 2.87. The molecule has 60 valence electrons. The summed E-state index contributed by atoms with van der Waals surface area (Å²) < 4.78 is 0. The van der Waals surface area contributed by atoms with Gasteiger partial charge in [0, 0.05) is 12.6 Å². The van der Waals surface area contributed by atoms with Gasteiger partial charge in [-0.15, -0.1) is 11.6 Å². The monoisotopic (exact) mass is 193 g/mol. The Hall–Kier alpha value is -0.540. The Morgan fingerprint density at radius 2 is 2.45 bits per heavy atom. The van der Waals surface area contributed by atoms with Crippen LogP contribution in [0.5, 0.6) is 0 Å². The SMILES string of the molecule is O=C(O)C1(Cl)C=CN=C(Cl)C1. The highest BCUT2D eigenvalue weighted by atomic mass is 35.5. The smallest absolute Gasteiger partial charge is 0.329 e. The van der Waals surface area contributed by atoms with Crippen LogP contribution in [-0.4, -0.2) is 21.1 Å². The second-order valence-electron chi connectivity index (χ2n) is 2.17. The van der Waals surface area contributed by atoms with Crippen molar-refractivity contribution in [2.24, 2.45) is 4.99 Å². The molecule has 5 heteroatoms. The maximum atomic E-state index is 10.5. The lowest BCUT2D eigenvalue weighted by Gasteiger charge is -2.18. The van der Waals surface area contributed by atoms with Crippen LogP contribution in [0.3, 0.4) is 0 Å². The Balaban J connectivity index is 2.86. The van der Waals surface area contributed by atoms with Crippen LogP contribution in [0, 0.1) is 0 Å². The molecule has 1 N–H and O–H groups in total. The van der Waals surface area contributed by atoms with E-state index in [1.807, 2.05) is 0 Å². The molecule has 0 aromatic carbocycles. The molecule has 1 aliphatic rings. The maximum absolute atomic E-state index is 10.5. The normalized spacial score (nSPS) is 29.8. The van der Waals surface area contributed by atoms with Crippen LogP contribution in [-0.2, 0) is 4.79 Å². The number of aliphatic carboxylic acids is 1. The fraction of sp³-hybridized carbons (Fsp3) is 0.333. The molecule has 1 atom stereocenters. The molecular formula is C6H5Cl2NO2. The average Bonchev–Trinajstić information content (AvgIpc) is 1.86. The van der Waals surface area contributed by atoms with E-state index in [2.05, 4.69) is 4.99 Å². The lowest BCUT2D eigenvalue weighted by atomic mass is 10.0. The quantitative estimate of drug-likeness (QED) is 0.644. The number of carbonyl (C=O) groups is 1. The summed E-state index contributed by atoms with van der Waals surface area (Å²) in [6.07, 6.45) is 2.65. The zero-order valence-corrected chi connectivity index (χ0v) is 6.93. The van der Waals surface area contributed by atoms with Gasteiger partial charge >= 0.3 is 5.97 Å². The number of alkyl halides is 1. The standard InChI is InChI=1S/C6H5Cl2NO2/c7-4-3-6(8,5(10)11)1-2-9-4/h1-2H,3H2,(H,10,11). The van der Waals surface area contributed by atoms with Crippen molar-refractivity contribution in [3.63, 3.8) is 0 Å². The van der Waals surface area contributed by atoms with E-state index in [1.165, 1.54) is 12.3 Å². The lowest BCUT2D eigenvalue weighted by molar-refractivity contribution is -0.138. The van der Waals surface area contributed by atoms with Crippen LogP contribution in [0.15, 0.2) is 17.3 Å². The summed E-state index contributed by atoms with van der Waals surface area (Å²) in [7, 11) is 0. The van der Waals surface area contributed by atoms with Crippen molar-refractivity contribution in [3.8, 4) is 0 Å². The highest BCUT2D eigenvalue weighted by Crippen LogP contribution is 2.26. The average molecular weight is 194 g/mol. The van der Waals surface area contributed by atoms with Crippen molar-refractivity contribution in [2.45, 2.75) is 11.3 Å². The van der Waals surface area contributed by atoms with Crippen molar-refractivity contribution in [3.05, 3.63) is 12.3 Å². The molecule has 0 fully saturated rings. The van der Waals surface area contributed by atoms with Crippen LogP contribution in [0.4, 0.5) is 0 Å². The van der Waals surface area contributed by atoms with Gasteiger partial charge in [-0.05, 0) is 6.08 Å². The first-order chi connectivity index (χ1) is 5.04. The van der Waals surface area contributed by atoms with Gasteiger partial charge in [0.15, 0.2) is 4.87 Å². The number of carboxylic acid groups (broad SMARTS) is 1. The van der Waals surface area contributed by atoms with Crippen LogP contribution < -0.4 is 0 Å². The highest BCUT2D eigenvalue weighted by Gasteiger charge is 2.36. The third kappa shape index (κ3) is 1.73. The molecule has 3 nitrogen and oxygen atoms in total. The van der Waals surface area contributed by atoms with Gasteiger partial charge in [0.05, 0.1) is 0 Å². The molecule has 1 aliphatic heterocycles. The Kier molecular flexibility index (Phi) is 2.20. The molecule has 0 aromatic heterocycles. The first kappa shape index (κ1) is 8.56. The maximum Gasteiger partial charge on any atom is 0.329 e. The number of rotatable bonds is 1. The summed E-state index contributed by atoms with van der Waals surface area (Å²) in [5.41, 5.74) is 0. The molecule has 1 rings (SSSR count). The molecular weight excluding hydrogens is 189 g/mol. The summed E-state index contributed by atoms with van der Waals surface area (Å²) in [6, 6.07) is 0. The third-order valence-corrected chi connectivity index (χ3v) is 1.96. The summed E-state index contributed by atoms with van der Waals surface area (Å²) in [5, 5.41) is 8.83. The van der Waals surface area contributed by atoms with Crippen LogP contribution >= 0.6 is 23.2 Å². The van der Waals surface area contributed by atoms with Crippen molar-refractivity contribution < 1.29 is 9.90 Å². The zero-order valence-electron chi connectivity index (χ0n) is 5.42. The van der Waals surface area contributed by atoms with Gasteiger partial charge in [0.25, 0.3) is 0 Å². The van der Waals surface area contributed by atoms with Crippen molar-refractivity contribution >= 4 is 34.3 Å². The lowest BCUT2D eigenvalue weighted by Crippen LogP contribution is -2.33. The van der Waals surface area contributed by atoms with Crippen molar-refractivity contribution in [2.75, 3.05) is 0 Å². The first-order valence-corrected chi connectivity index (χ1v) is 3.62. The van der Waals surface area contributed by atoms with Gasteiger partial charge in [0.2, 0.25) is 0 Å². The molecule has 1 heterocycles. The number of carboxylic acids is 1. The zero-order chi connectivity index (χ0) is 8.48. The number of hydrogen-bond donors (Lipinski definition) is 1. The van der Waals surface area contributed by atoms with E-state index in [1.54, 1.807) is 0 Å². The minimum absolute atomic E-state index is 0.0436. The Bertz CT molecular complexity index is 249. The van der Waals surface area contributed by atoms with Gasteiger partial charge in [0.1, 0.15) is 5.17 Å². The Morgan fingerprint density at radius 1 is 1.82 bits per heavy atom.